The number of rotatable bonds is 4. The SMILES string of the molecule is CCC(=O)O.CCC(Br)(CC)C(=O)NC(N)=O. The maximum Gasteiger partial charge on any atom is 0.318 e. The Morgan fingerprint density at radius 3 is 1.76 bits per heavy atom. The van der Waals surface area contributed by atoms with Crippen molar-refractivity contribution in [3.63, 3.8) is 0 Å². The average molecular weight is 311 g/mol. The number of nitrogens with two attached hydrogens (primary N) is 1. The Morgan fingerprint density at radius 2 is 1.59 bits per heavy atom. The molecule has 0 aliphatic rings. The predicted octanol–water partition coefficient (Wildman–Crippen LogP) is 1.62. The lowest BCUT2D eigenvalue weighted by atomic mass is 10.0. The molecule has 0 atom stereocenters. The van der Waals surface area contributed by atoms with Crippen molar-refractivity contribution in [1.82, 2.24) is 5.32 Å². The first-order valence-corrected chi connectivity index (χ1v) is 6.04. The van der Waals surface area contributed by atoms with Gasteiger partial charge in [0.25, 0.3) is 0 Å². The fourth-order valence-corrected chi connectivity index (χ4v) is 0.894. The largest absolute Gasteiger partial charge is 0.481 e. The minimum absolute atomic E-state index is 0.222. The average Bonchev–Trinajstić information content (AvgIpc) is 2.27. The summed E-state index contributed by atoms with van der Waals surface area (Å²) < 4.78 is -0.665. The van der Waals surface area contributed by atoms with Crippen molar-refractivity contribution in [2.75, 3.05) is 0 Å². The van der Waals surface area contributed by atoms with Crippen molar-refractivity contribution < 1.29 is 19.5 Å². The van der Waals surface area contributed by atoms with Crippen molar-refractivity contribution >= 4 is 33.8 Å². The number of carbonyl (C=O) groups excluding carboxylic acids is 2. The van der Waals surface area contributed by atoms with Gasteiger partial charge in [-0.3, -0.25) is 14.9 Å². The molecule has 0 rings (SSSR count). The zero-order chi connectivity index (χ0) is 14.1. The van der Waals surface area contributed by atoms with Crippen LogP contribution in [0.1, 0.15) is 40.0 Å². The van der Waals surface area contributed by atoms with Crippen LogP contribution in [-0.4, -0.2) is 27.3 Å². The molecule has 0 saturated carbocycles. The molecule has 0 aromatic carbocycles. The van der Waals surface area contributed by atoms with E-state index in [2.05, 4.69) is 15.9 Å². The number of carbonyl (C=O) groups is 3. The Morgan fingerprint density at radius 1 is 1.24 bits per heavy atom. The number of nitrogens with one attached hydrogen (secondary N) is 1. The molecule has 17 heavy (non-hydrogen) atoms. The first kappa shape index (κ1) is 18.3. The van der Waals surface area contributed by atoms with Gasteiger partial charge in [-0.05, 0) is 12.8 Å². The van der Waals surface area contributed by atoms with Gasteiger partial charge in [-0.15, -0.1) is 0 Å². The highest BCUT2D eigenvalue weighted by molar-refractivity contribution is 9.10. The number of carboxylic acids is 1. The summed E-state index contributed by atoms with van der Waals surface area (Å²) in [6.45, 7) is 5.32. The monoisotopic (exact) mass is 310 g/mol. The second-order valence-corrected chi connectivity index (χ2v) is 4.76. The maximum absolute atomic E-state index is 11.3. The third kappa shape index (κ3) is 8.67. The number of carboxylic acid groups (broad SMARTS) is 1. The molecule has 3 amide bonds. The molecular formula is C10H19BrN2O4. The number of alkyl halides is 1. The predicted molar refractivity (Wildman–Crippen MR) is 67.9 cm³/mol. The summed E-state index contributed by atoms with van der Waals surface area (Å²) in [6, 6.07) is -0.814. The Labute approximate surface area is 109 Å². The Bertz CT molecular complexity index is 277. The van der Waals surface area contributed by atoms with E-state index in [4.69, 9.17) is 10.8 Å². The van der Waals surface area contributed by atoms with Gasteiger partial charge < -0.3 is 10.8 Å². The second-order valence-electron chi connectivity index (χ2n) is 3.24. The van der Waals surface area contributed by atoms with Gasteiger partial charge in [0, 0.05) is 6.42 Å². The molecule has 0 bridgehead atoms. The minimum Gasteiger partial charge on any atom is -0.481 e. The molecule has 0 unspecified atom stereocenters. The molecule has 0 aliphatic heterocycles. The van der Waals surface area contributed by atoms with Gasteiger partial charge in [0.1, 0.15) is 4.32 Å². The van der Waals surface area contributed by atoms with Gasteiger partial charge in [-0.1, -0.05) is 36.7 Å². The maximum atomic E-state index is 11.3. The molecule has 0 fully saturated rings. The third-order valence-corrected chi connectivity index (χ3v) is 3.55. The number of urea groups is 1. The van der Waals surface area contributed by atoms with Crippen LogP contribution in [0.4, 0.5) is 4.79 Å². The van der Waals surface area contributed by atoms with Crippen LogP contribution in [-0.2, 0) is 9.59 Å². The van der Waals surface area contributed by atoms with E-state index < -0.39 is 16.3 Å². The summed E-state index contributed by atoms with van der Waals surface area (Å²) in [7, 11) is 0. The normalized spacial score (nSPS) is 9.88. The van der Waals surface area contributed by atoms with E-state index in [1.54, 1.807) is 6.92 Å². The molecule has 0 heterocycles. The smallest absolute Gasteiger partial charge is 0.318 e. The molecule has 4 N–H and O–H groups in total. The van der Waals surface area contributed by atoms with E-state index in [1.165, 1.54) is 0 Å². The molecular weight excluding hydrogens is 292 g/mol. The summed E-state index contributed by atoms with van der Waals surface area (Å²) in [5.74, 6) is -1.12. The van der Waals surface area contributed by atoms with Crippen molar-refractivity contribution in [3.05, 3.63) is 0 Å². The Kier molecular flexibility index (Phi) is 9.64. The highest BCUT2D eigenvalue weighted by Crippen LogP contribution is 2.26. The fraction of sp³-hybridized carbons (Fsp3) is 0.700. The van der Waals surface area contributed by atoms with Gasteiger partial charge >= 0.3 is 12.0 Å². The van der Waals surface area contributed by atoms with E-state index in [9.17, 15) is 14.4 Å². The van der Waals surface area contributed by atoms with Crippen LogP contribution in [0.3, 0.4) is 0 Å². The number of aliphatic carboxylic acids is 1. The lowest BCUT2D eigenvalue weighted by Gasteiger charge is -2.21. The van der Waals surface area contributed by atoms with Crippen molar-refractivity contribution in [2.45, 2.75) is 44.4 Å². The van der Waals surface area contributed by atoms with E-state index >= 15 is 0 Å². The van der Waals surface area contributed by atoms with Gasteiger partial charge in [0.05, 0.1) is 0 Å². The van der Waals surface area contributed by atoms with Crippen LogP contribution in [0, 0.1) is 0 Å². The fourth-order valence-electron chi connectivity index (χ4n) is 0.795. The van der Waals surface area contributed by atoms with Gasteiger partial charge in [0.15, 0.2) is 0 Å². The topological polar surface area (TPSA) is 109 Å². The molecule has 0 spiro atoms. The minimum atomic E-state index is -0.814. The summed E-state index contributed by atoms with van der Waals surface area (Å²) in [6.07, 6.45) is 1.45. The molecule has 6 nitrogen and oxygen atoms in total. The lowest BCUT2D eigenvalue weighted by Crippen LogP contribution is -2.46. The number of hydrogen-bond donors (Lipinski definition) is 3. The number of hydrogen-bond acceptors (Lipinski definition) is 3. The summed E-state index contributed by atoms with van der Waals surface area (Å²) in [5.41, 5.74) is 4.81. The van der Waals surface area contributed by atoms with Crippen LogP contribution in [0.25, 0.3) is 0 Å². The Balaban J connectivity index is 0. The molecule has 100 valence electrons. The first-order valence-electron chi connectivity index (χ1n) is 5.25. The number of halogens is 1. The molecule has 0 aromatic rings. The number of imide groups is 1. The molecule has 0 aromatic heterocycles. The number of amides is 3. The standard InChI is InChI=1S/C7H13BrN2O2.C3H6O2/c1-3-7(8,4-2)5(11)10-6(9)12;1-2-3(4)5/h3-4H2,1-2H3,(H3,9,10,11,12);2H2,1H3,(H,4,5). The highest BCUT2D eigenvalue weighted by atomic mass is 79.9. The van der Waals surface area contributed by atoms with Crippen LogP contribution >= 0.6 is 15.9 Å². The molecule has 0 aliphatic carbocycles. The van der Waals surface area contributed by atoms with Gasteiger partial charge in [0.2, 0.25) is 5.91 Å². The zero-order valence-electron chi connectivity index (χ0n) is 10.2. The van der Waals surface area contributed by atoms with Crippen LogP contribution < -0.4 is 11.1 Å². The van der Waals surface area contributed by atoms with Crippen LogP contribution in [0.5, 0.6) is 0 Å². The van der Waals surface area contributed by atoms with Crippen molar-refractivity contribution in [3.8, 4) is 0 Å². The van der Waals surface area contributed by atoms with Crippen LogP contribution in [0.2, 0.25) is 0 Å². The molecule has 0 saturated heterocycles. The molecule has 0 radical (unpaired) electrons. The quantitative estimate of drug-likeness (QED) is 0.685. The lowest BCUT2D eigenvalue weighted by molar-refractivity contribution is -0.136. The van der Waals surface area contributed by atoms with Crippen molar-refractivity contribution in [1.29, 1.82) is 0 Å². The summed E-state index contributed by atoms with van der Waals surface area (Å²) in [5, 5.41) is 9.76. The van der Waals surface area contributed by atoms with Gasteiger partial charge in [-0.2, -0.15) is 0 Å². The van der Waals surface area contributed by atoms with E-state index in [0.29, 0.717) is 12.8 Å². The van der Waals surface area contributed by atoms with Crippen molar-refractivity contribution in [2.24, 2.45) is 5.73 Å². The zero-order valence-corrected chi connectivity index (χ0v) is 11.8. The number of primary amides is 1. The van der Waals surface area contributed by atoms with Crippen LogP contribution in [0.15, 0.2) is 0 Å². The Hall–Kier alpha value is -1.11. The summed E-state index contributed by atoms with van der Waals surface area (Å²) >= 11 is 3.26. The third-order valence-electron chi connectivity index (χ3n) is 2.07. The first-order chi connectivity index (χ1) is 7.73. The van der Waals surface area contributed by atoms with E-state index in [-0.39, 0.29) is 12.3 Å². The summed E-state index contributed by atoms with van der Waals surface area (Å²) in [4.78, 5) is 31.0. The second kappa shape index (κ2) is 8.98. The van der Waals surface area contributed by atoms with E-state index in [1.807, 2.05) is 19.2 Å². The van der Waals surface area contributed by atoms with E-state index in [0.717, 1.165) is 0 Å². The highest BCUT2D eigenvalue weighted by Gasteiger charge is 2.32. The molecule has 7 heteroatoms. The van der Waals surface area contributed by atoms with Gasteiger partial charge in [-0.25, -0.2) is 4.79 Å².